The van der Waals surface area contributed by atoms with Crippen molar-refractivity contribution in [1.82, 2.24) is 4.72 Å². The molecule has 1 amide bonds. The largest absolute Gasteiger partial charge is 0.274 e. The van der Waals surface area contributed by atoms with E-state index in [4.69, 9.17) is 0 Å². The molecule has 0 aliphatic rings. The van der Waals surface area contributed by atoms with E-state index >= 15 is 0 Å². The lowest BCUT2D eigenvalue weighted by atomic mass is 10.2. The van der Waals surface area contributed by atoms with E-state index in [1.54, 1.807) is 12.1 Å². The van der Waals surface area contributed by atoms with Crippen LogP contribution in [0.3, 0.4) is 0 Å². The van der Waals surface area contributed by atoms with Crippen LogP contribution in [0.25, 0.3) is 0 Å². The van der Waals surface area contributed by atoms with Crippen molar-refractivity contribution in [3.05, 3.63) is 29.8 Å². The number of sulfonamides is 1. The van der Waals surface area contributed by atoms with Crippen LogP contribution >= 0.6 is 15.9 Å². The minimum atomic E-state index is -3.72. The lowest BCUT2D eigenvalue weighted by molar-refractivity contribution is -0.118. The standard InChI is InChI=1S/C10H12BrNO3S/c1-8-2-4-9(5-3-8)16(14,15)12-10(13)6-7-11/h2-5H,6-7H2,1H3,(H,12,13). The topological polar surface area (TPSA) is 63.2 Å². The molecule has 0 radical (unpaired) electrons. The molecular formula is C10H12BrNO3S. The van der Waals surface area contributed by atoms with E-state index in [1.165, 1.54) is 12.1 Å². The summed E-state index contributed by atoms with van der Waals surface area (Å²) in [6, 6.07) is 6.31. The fourth-order valence-electron chi connectivity index (χ4n) is 1.06. The van der Waals surface area contributed by atoms with Gasteiger partial charge in [-0.3, -0.25) is 4.79 Å². The van der Waals surface area contributed by atoms with Crippen LogP contribution in [0.5, 0.6) is 0 Å². The van der Waals surface area contributed by atoms with Gasteiger partial charge in [0.1, 0.15) is 0 Å². The van der Waals surface area contributed by atoms with Crippen molar-refractivity contribution in [2.45, 2.75) is 18.2 Å². The molecule has 0 spiro atoms. The van der Waals surface area contributed by atoms with Gasteiger partial charge in [-0.2, -0.15) is 0 Å². The number of carbonyl (C=O) groups excluding carboxylic acids is 1. The monoisotopic (exact) mass is 305 g/mol. The van der Waals surface area contributed by atoms with Gasteiger partial charge < -0.3 is 0 Å². The predicted octanol–water partition coefficient (Wildman–Crippen LogP) is 1.58. The number of benzene rings is 1. The van der Waals surface area contributed by atoms with Gasteiger partial charge in [0.2, 0.25) is 5.91 Å². The molecule has 0 saturated heterocycles. The number of amides is 1. The number of alkyl halides is 1. The van der Waals surface area contributed by atoms with Crippen molar-refractivity contribution >= 4 is 31.9 Å². The summed E-state index contributed by atoms with van der Waals surface area (Å²) in [7, 11) is -3.72. The number of hydrogen-bond donors (Lipinski definition) is 1. The summed E-state index contributed by atoms with van der Waals surface area (Å²) in [4.78, 5) is 11.3. The predicted molar refractivity (Wildman–Crippen MR) is 64.9 cm³/mol. The van der Waals surface area contributed by atoms with Crippen molar-refractivity contribution < 1.29 is 13.2 Å². The van der Waals surface area contributed by atoms with Crippen LogP contribution in [0, 0.1) is 6.92 Å². The van der Waals surface area contributed by atoms with Gasteiger partial charge in [0, 0.05) is 11.8 Å². The maximum atomic E-state index is 11.7. The van der Waals surface area contributed by atoms with Gasteiger partial charge in [-0.05, 0) is 19.1 Å². The lowest BCUT2D eigenvalue weighted by Gasteiger charge is -2.06. The summed E-state index contributed by atoms with van der Waals surface area (Å²) in [5.41, 5.74) is 0.964. The maximum Gasteiger partial charge on any atom is 0.264 e. The second kappa shape index (κ2) is 5.45. The van der Waals surface area contributed by atoms with Gasteiger partial charge in [0.25, 0.3) is 10.0 Å². The third-order valence-electron chi connectivity index (χ3n) is 1.90. The number of aryl methyl sites for hydroxylation is 1. The molecule has 0 saturated carbocycles. The highest BCUT2D eigenvalue weighted by Gasteiger charge is 2.16. The number of rotatable bonds is 4. The zero-order valence-corrected chi connectivity index (χ0v) is 11.1. The quantitative estimate of drug-likeness (QED) is 0.859. The molecule has 88 valence electrons. The van der Waals surface area contributed by atoms with Crippen molar-refractivity contribution in [3.8, 4) is 0 Å². The second-order valence-electron chi connectivity index (χ2n) is 3.28. The molecule has 0 fully saturated rings. The molecule has 0 heterocycles. The van der Waals surface area contributed by atoms with E-state index < -0.39 is 15.9 Å². The van der Waals surface area contributed by atoms with Crippen LogP contribution in [0.1, 0.15) is 12.0 Å². The van der Waals surface area contributed by atoms with E-state index in [-0.39, 0.29) is 11.3 Å². The van der Waals surface area contributed by atoms with Crippen molar-refractivity contribution in [2.75, 3.05) is 5.33 Å². The summed E-state index contributed by atoms with van der Waals surface area (Å²) < 4.78 is 25.4. The van der Waals surface area contributed by atoms with Gasteiger partial charge >= 0.3 is 0 Å². The number of halogens is 1. The maximum absolute atomic E-state index is 11.7. The molecule has 0 unspecified atom stereocenters. The van der Waals surface area contributed by atoms with E-state index in [1.807, 2.05) is 11.6 Å². The van der Waals surface area contributed by atoms with Crippen LogP contribution in [-0.4, -0.2) is 19.7 Å². The van der Waals surface area contributed by atoms with Gasteiger partial charge in [-0.15, -0.1) is 0 Å². The Labute approximate surface area is 103 Å². The first-order chi connectivity index (χ1) is 7.45. The highest BCUT2D eigenvalue weighted by Crippen LogP contribution is 2.09. The van der Waals surface area contributed by atoms with E-state index in [2.05, 4.69) is 15.9 Å². The first-order valence-corrected chi connectivity index (χ1v) is 7.24. The average molecular weight is 306 g/mol. The van der Waals surface area contributed by atoms with Crippen LogP contribution in [0.2, 0.25) is 0 Å². The fraction of sp³-hybridized carbons (Fsp3) is 0.300. The number of carbonyl (C=O) groups is 1. The zero-order valence-electron chi connectivity index (χ0n) is 8.73. The zero-order chi connectivity index (χ0) is 12.2. The normalized spacial score (nSPS) is 11.1. The molecule has 0 atom stereocenters. The van der Waals surface area contributed by atoms with Gasteiger partial charge in [0.15, 0.2) is 0 Å². The molecule has 1 aromatic carbocycles. The highest BCUT2D eigenvalue weighted by molar-refractivity contribution is 9.09. The molecular weight excluding hydrogens is 294 g/mol. The van der Waals surface area contributed by atoms with Crippen molar-refractivity contribution in [3.63, 3.8) is 0 Å². The SMILES string of the molecule is Cc1ccc(S(=O)(=O)NC(=O)CCBr)cc1. The molecule has 4 nitrogen and oxygen atoms in total. The first-order valence-electron chi connectivity index (χ1n) is 4.64. The lowest BCUT2D eigenvalue weighted by Crippen LogP contribution is -2.30. The molecule has 0 aliphatic carbocycles. The Morgan fingerprint density at radius 3 is 2.38 bits per heavy atom. The van der Waals surface area contributed by atoms with Gasteiger partial charge in [-0.25, -0.2) is 13.1 Å². The van der Waals surface area contributed by atoms with Gasteiger partial charge in [0.05, 0.1) is 4.90 Å². The number of hydrogen-bond acceptors (Lipinski definition) is 3. The van der Waals surface area contributed by atoms with Crippen molar-refractivity contribution in [2.24, 2.45) is 0 Å². The minimum absolute atomic E-state index is 0.0982. The molecule has 1 N–H and O–H groups in total. The van der Waals surface area contributed by atoms with E-state index in [0.717, 1.165) is 5.56 Å². The number of nitrogens with one attached hydrogen (secondary N) is 1. The Morgan fingerprint density at radius 2 is 1.88 bits per heavy atom. The summed E-state index contributed by atoms with van der Waals surface area (Å²) in [6.45, 7) is 1.86. The van der Waals surface area contributed by atoms with E-state index in [0.29, 0.717) is 5.33 Å². The first kappa shape index (κ1) is 13.2. The Kier molecular flexibility index (Phi) is 4.49. The summed E-state index contributed by atoms with van der Waals surface area (Å²) >= 11 is 3.07. The van der Waals surface area contributed by atoms with Crippen LogP contribution in [0.15, 0.2) is 29.2 Å². The molecule has 0 aromatic heterocycles. The fourth-order valence-corrected chi connectivity index (χ4v) is 2.44. The second-order valence-corrected chi connectivity index (χ2v) is 5.76. The Morgan fingerprint density at radius 1 is 1.31 bits per heavy atom. The summed E-state index contributed by atoms with van der Waals surface area (Å²) in [5.74, 6) is -0.516. The molecule has 1 rings (SSSR count). The van der Waals surface area contributed by atoms with Gasteiger partial charge in [-0.1, -0.05) is 33.6 Å². The third kappa shape index (κ3) is 3.61. The molecule has 6 heteroatoms. The molecule has 16 heavy (non-hydrogen) atoms. The minimum Gasteiger partial charge on any atom is -0.274 e. The summed E-state index contributed by atoms with van der Waals surface area (Å²) in [5, 5.41) is 0.433. The van der Waals surface area contributed by atoms with E-state index in [9.17, 15) is 13.2 Å². The third-order valence-corrected chi connectivity index (χ3v) is 3.69. The molecule has 0 bridgehead atoms. The van der Waals surface area contributed by atoms with Crippen LogP contribution < -0.4 is 4.72 Å². The van der Waals surface area contributed by atoms with Crippen LogP contribution in [0.4, 0.5) is 0 Å². The highest BCUT2D eigenvalue weighted by atomic mass is 79.9. The summed E-state index contributed by atoms with van der Waals surface area (Å²) in [6.07, 6.45) is 0.130. The average Bonchev–Trinajstić information content (AvgIpc) is 2.17. The van der Waals surface area contributed by atoms with Crippen molar-refractivity contribution in [1.29, 1.82) is 0 Å². The smallest absolute Gasteiger partial charge is 0.264 e. The Hall–Kier alpha value is -0.880. The molecule has 1 aromatic rings. The Bertz CT molecular complexity index is 467. The molecule has 0 aliphatic heterocycles. The Balaban J connectivity index is 2.86. The van der Waals surface area contributed by atoms with Crippen LogP contribution in [-0.2, 0) is 14.8 Å².